The maximum absolute atomic E-state index is 12.8. The summed E-state index contributed by atoms with van der Waals surface area (Å²) in [4.78, 5) is 26.1. The Balaban J connectivity index is 1.61. The van der Waals surface area contributed by atoms with Gasteiger partial charge in [0.15, 0.2) is 0 Å². The van der Waals surface area contributed by atoms with Crippen LogP contribution in [0, 0.1) is 17.8 Å². The maximum Gasteiger partial charge on any atom is 0.306 e. The van der Waals surface area contributed by atoms with Crippen LogP contribution < -0.4 is 0 Å². The number of likely N-dealkylation sites (tertiary alicyclic amines) is 1. The minimum atomic E-state index is -0.747. The molecular formula is C20H27NO3. The number of nitrogens with zero attached hydrogens (tertiary/aromatic N) is 1. The summed E-state index contributed by atoms with van der Waals surface area (Å²) in [6, 6.07) is 10.5. The molecule has 1 amide bonds. The van der Waals surface area contributed by atoms with Gasteiger partial charge >= 0.3 is 5.97 Å². The molecule has 0 radical (unpaired) electrons. The van der Waals surface area contributed by atoms with Gasteiger partial charge in [-0.25, -0.2) is 0 Å². The summed E-state index contributed by atoms with van der Waals surface area (Å²) < 4.78 is 0. The second-order valence-electron chi connectivity index (χ2n) is 7.47. The summed E-state index contributed by atoms with van der Waals surface area (Å²) >= 11 is 0. The monoisotopic (exact) mass is 329 g/mol. The fraction of sp³-hybridized carbons (Fsp3) is 0.600. The second-order valence-corrected chi connectivity index (χ2v) is 7.47. The zero-order valence-electron chi connectivity index (χ0n) is 14.4. The van der Waals surface area contributed by atoms with Crippen LogP contribution in [0.5, 0.6) is 0 Å². The van der Waals surface area contributed by atoms with Crippen molar-refractivity contribution in [2.75, 3.05) is 13.1 Å². The van der Waals surface area contributed by atoms with Crippen LogP contribution in [0.4, 0.5) is 0 Å². The molecule has 0 bridgehead atoms. The standard InChI is InChI=1S/C20H27NO3/c1-14-13-21(11-10-18(14)15-6-3-2-4-7-15)19(22)16-8-5-9-17(12-16)20(23)24/h2-4,6-7,14,16-18H,5,8-13H2,1H3,(H,23,24). The van der Waals surface area contributed by atoms with Crippen molar-refractivity contribution >= 4 is 11.9 Å². The summed E-state index contributed by atoms with van der Waals surface area (Å²) in [5.74, 6) is -0.0624. The molecule has 4 unspecified atom stereocenters. The summed E-state index contributed by atoms with van der Waals surface area (Å²) in [6.45, 7) is 3.79. The van der Waals surface area contributed by atoms with Crippen molar-refractivity contribution < 1.29 is 14.7 Å². The van der Waals surface area contributed by atoms with E-state index in [0.717, 1.165) is 32.4 Å². The van der Waals surface area contributed by atoms with Crippen LogP contribution in [-0.2, 0) is 9.59 Å². The maximum atomic E-state index is 12.8. The number of benzene rings is 1. The Hall–Kier alpha value is -1.84. The summed E-state index contributed by atoms with van der Waals surface area (Å²) in [5.41, 5.74) is 1.36. The molecule has 1 N–H and O–H groups in total. The highest BCUT2D eigenvalue weighted by Crippen LogP contribution is 2.35. The molecule has 1 saturated heterocycles. The van der Waals surface area contributed by atoms with Crippen molar-refractivity contribution in [3.05, 3.63) is 35.9 Å². The van der Waals surface area contributed by atoms with E-state index >= 15 is 0 Å². The van der Waals surface area contributed by atoms with Crippen molar-refractivity contribution in [1.29, 1.82) is 0 Å². The molecule has 1 aliphatic carbocycles. The quantitative estimate of drug-likeness (QED) is 0.923. The van der Waals surface area contributed by atoms with E-state index < -0.39 is 5.97 Å². The number of hydrogen-bond donors (Lipinski definition) is 1. The third-order valence-electron chi connectivity index (χ3n) is 5.82. The molecule has 4 atom stereocenters. The molecule has 130 valence electrons. The van der Waals surface area contributed by atoms with Gasteiger partial charge in [0.2, 0.25) is 5.91 Å². The molecule has 1 aromatic carbocycles. The minimum Gasteiger partial charge on any atom is -0.481 e. The van der Waals surface area contributed by atoms with Gasteiger partial charge < -0.3 is 10.0 Å². The predicted octanol–water partition coefficient (Wildman–Crippen LogP) is 3.53. The summed E-state index contributed by atoms with van der Waals surface area (Å²) in [6.07, 6.45) is 3.91. The highest BCUT2D eigenvalue weighted by Gasteiger charge is 2.36. The van der Waals surface area contributed by atoms with Crippen LogP contribution in [0.3, 0.4) is 0 Å². The van der Waals surface area contributed by atoms with Crippen LogP contribution in [0.25, 0.3) is 0 Å². The lowest BCUT2D eigenvalue weighted by atomic mass is 9.78. The van der Waals surface area contributed by atoms with Crippen LogP contribution in [0.15, 0.2) is 30.3 Å². The minimum absolute atomic E-state index is 0.0969. The van der Waals surface area contributed by atoms with Gasteiger partial charge in [-0.2, -0.15) is 0 Å². The molecule has 4 nitrogen and oxygen atoms in total. The van der Waals surface area contributed by atoms with Crippen LogP contribution in [0.2, 0.25) is 0 Å². The predicted molar refractivity (Wildman–Crippen MR) is 92.6 cm³/mol. The van der Waals surface area contributed by atoms with Gasteiger partial charge in [0.25, 0.3) is 0 Å². The van der Waals surface area contributed by atoms with Crippen molar-refractivity contribution in [2.24, 2.45) is 17.8 Å². The molecule has 1 aliphatic heterocycles. The molecule has 4 heteroatoms. The van der Waals surface area contributed by atoms with Gasteiger partial charge in [-0.05, 0) is 43.1 Å². The van der Waals surface area contributed by atoms with E-state index in [0.29, 0.717) is 24.7 Å². The highest BCUT2D eigenvalue weighted by atomic mass is 16.4. The lowest BCUT2D eigenvalue weighted by molar-refractivity contribution is -0.146. The first kappa shape index (κ1) is 17.0. The fourth-order valence-corrected chi connectivity index (χ4v) is 4.44. The van der Waals surface area contributed by atoms with Crippen molar-refractivity contribution in [3.63, 3.8) is 0 Å². The molecule has 1 aromatic rings. The van der Waals surface area contributed by atoms with Gasteiger partial charge in [0.1, 0.15) is 0 Å². The molecule has 24 heavy (non-hydrogen) atoms. The SMILES string of the molecule is CC1CN(C(=O)C2CCCC(C(=O)O)C2)CCC1c1ccccc1. The number of carboxylic acids is 1. The Labute approximate surface area is 143 Å². The number of aliphatic carboxylic acids is 1. The van der Waals surface area contributed by atoms with Gasteiger partial charge in [0, 0.05) is 19.0 Å². The van der Waals surface area contributed by atoms with Crippen LogP contribution in [-0.4, -0.2) is 35.0 Å². The number of carboxylic acid groups (broad SMARTS) is 1. The number of rotatable bonds is 3. The second kappa shape index (κ2) is 7.37. The Bertz CT molecular complexity index is 586. The Morgan fingerprint density at radius 3 is 2.46 bits per heavy atom. The molecular weight excluding hydrogens is 302 g/mol. The molecule has 2 aliphatic rings. The van der Waals surface area contributed by atoms with Crippen molar-refractivity contribution in [1.82, 2.24) is 4.90 Å². The summed E-state index contributed by atoms with van der Waals surface area (Å²) in [5, 5.41) is 9.23. The van der Waals surface area contributed by atoms with Crippen LogP contribution >= 0.6 is 0 Å². The van der Waals surface area contributed by atoms with Crippen LogP contribution in [0.1, 0.15) is 50.5 Å². The number of piperidine rings is 1. The number of hydrogen-bond acceptors (Lipinski definition) is 2. The third kappa shape index (κ3) is 3.63. The zero-order chi connectivity index (χ0) is 17.1. The third-order valence-corrected chi connectivity index (χ3v) is 5.82. The van der Waals surface area contributed by atoms with E-state index in [4.69, 9.17) is 0 Å². The summed E-state index contributed by atoms with van der Waals surface area (Å²) in [7, 11) is 0. The van der Waals surface area contributed by atoms with Gasteiger partial charge in [0.05, 0.1) is 5.92 Å². The average molecular weight is 329 g/mol. The van der Waals surface area contributed by atoms with E-state index in [1.54, 1.807) is 0 Å². The number of amides is 1. The molecule has 1 heterocycles. The Morgan fingerprint density at radius 1 is 1.08 bits per heavy atom. The average Bonchev–Trinajstić information content (AvgIpc) is 2.62. The highest BCUT2D eigenvalue weighted by molar-refractivity contribution is 5.80. The molecule has 3 rings (SSSR count). The van der Waals surface area contributed by atoms with E-state index in [-0.39, 0.29) is 17.7 Å². The Morgan fingerprint density at radius 2 is 1.79 bits per heavy atom. The number of carbonyl (C=O) groups is 2. The normalized spacial score (nSPS) is 30.8. The van der Waals surface area contributed by atoms with E-state index in [9.17, 15) is 14.7 Å². The smallest absolute Gasteiger partial charge is 0.306 e. The van der Waals surface area contributed by atoms with E-state index in [1.807, 2.05) is 11.0 Å². The first-order chi connectivity index (χ1) is 11.6. The first-order valence-electron chi connectivity index (χ1n) is 9.12. The van der Waals surface area contributed by atoms with Gasteiger partial charge in [-0.3, -0.25) is 9.59 Å². The molecule has 0 spiro atoms. The fourth-order valence-electron chi connectivity index (χ4n) is 4.44. The Kier molecular flexibility index (Phi) is 5.22. The lowest BCUT2D eigenvalue weighted by Crippen LogP contribution is -2.46. The topological polar surface area (TPSA) is 57.6 Å². The first-order valence-corrected chi connectivity index (χ1v) is 9.12. The van der Waals surface area contributed by atoms with Crippen molar-refractivity contribution in [3.8, 4) is 0 Å². The molecule has 0 aromatic heterocycles. The molecule has 1 saturated carbocycles. The number of carbonyl (C=O) groups excluding carboxylic acids is 1. The zero-order valence-corrected chi connectivity index (χ0v) is 14.4. The van der Waals surface area contributed by atoms with E-state index in [2.05, 4.69) is 31.2 Å². The molecule has 2 fully saturated rings. The lowest BCUT2D eigenvalue weighted by Gasteiger charge is -2.39. The van der Waals surface area contributed by atoms with Gasteiger partial charge in [-0.15, -0.1) is 0 Å². The largest absolute Gasteiger partial charge is 0.481 e. The van der Waals surface area contributed by atoms with E-state index in [1.165, 1.54) is 5.56 Å². The van der Waals surface area contributed by atoms with Gasteiger partial charge in [-0.1, -0.05) is 43.7 Å². The van der Waals surface area contributed by atoms with Crippen molar-refractivity contribution in [2.45, 2.75) is 44.9 Å².